The number of nitrogens with zero attached hydrogens (tertiary/aromatic N) is 4. The first-order chi connectivity index (χ1) is 13.1. The van der Waals surface area contributed by atoms with Crippen LogP contribution >= 0.6 is 0 Å². The molecule has 5 rings (SSSR count). The second-order valence-corrected chi connectivity index (χ2v) is 7.61. The Morgan fingerprint density at radius 1 is 1.15 bits per heavy atom. The lowest BCUT2D eigenvalue weighted by Gasteiger charge is -2.36. The number of hydrogen-bond donors (Lipinski definition) is 0. The van der Waals surface area contributed by atoms with E-state index in [2.05, 4.69) is 16.0 Å². The Morgan fingerprint density at radius 3 is 2.81 bits per heavy atom. The molecular weight excluding hydrogens is 340 g/mol. The van der Waals surface area contributed by atoms with Crippen molar-refractivity contribution in [2.75, 3.05) is 19.6 Å². The molecule has 2 amide bonds. The van der Waals surface area contributed by atoms with Gasteiger partial charge < -0.3 is 9.80 Å². The summed E-state index contributed by atoms with van der Waals surface area (Å²) in [6.07, 6.45) is 7.04. The van der Waals surface area contributed by atoms with E-state index in [-0.39, 0.29) is 17.9 Å². The van der Waals surface area contributed by atoms with Gasteiger partial charge in [0.05, 0.1) is 12.6 Å². The van der Waals surface area contributed by atoms with Gasteiger partial charge in [-0.25, -0.2) is 4.98 Å². The molecular formula is C21H24N4O2. The Bertz CT molecular complexity index is 839. The van der Waals surface area contributed by atoms with Crippen molar-refractivity contribution in [2.45, 2.75) is 32.2 Å². The summed E-state index contributed by atoms with van der Waals surface area (Å²) in [7, 11) is 0. The van der Waals surface area contributed by atoms with E-state index in [9.17, 15) is 9.59 Å². The van der Waals surface area contributed by atoms with Crippen LogP contribution in [0.1, 0.15) is 34.5 Å². The third-order valence-corrected chi connectivity index (χ3v) is 5.54. The molecule has 4 heterocycles. The summed E-state index contributed by atoms with van der Waals surface area (Å²) in [4.78, 5) is 37.8. The summed E-state index contributed by atoms with van der Waals surface area (Å²) in [5, 5.41) is 0. The summed E-state index contributed by atoms with van der Waals surface area (Å²) in [6, 6.07) is 8.19. The van der Waals surface area contributed by atoms with Crippen LogP contribution in [-0.2, 0) is 11.2 Å². The average molecular weight is 364 g/mol. The van der Waals surface area contributed by atoms with Gasteiger partial charge in [0.25, 0.3) is 5.91 Å². The van der Waals surface area contributed by atoms with Crippen LogP contribution in [0.3, 0.4) is 0 Å². The Kier molecular flexibility index (Phi) is 4.88. The summed E-state index contributed by atoms with van der Waals surface area (Å²) in [6.45, 7) is 4.03. The fraction of sp³-hybridized carbons (Fsp3) is 0.429. The van der Waals surface area contributed by atoms with Crippen LogP contribution in [-0.4, -0.2) is 57.3 Å². The lowest BCUT2D eigenvalue weighted by molar-refractivity contribution is -0.134. The van der Waals surface area contributed by atoms with Crippen LogP contribution in [0.4, 0.5) is 0 Å². The topological polar surface area (TPSA) is 66.4 Å². The normalized spacial score (nSPS) is 21.8. The molecule has 2 bridgehead atoms. The average Bonchev–Trinajstić information content (AvgIpc) is 3.00. The van der Waals surface area contributed by atoms with Crippen molar-refractivity contribution in [1.82, 2.24) is 19.8 Å². The first-order valence-electron chi connectivity index (χ1n) is 9.50. The van der Waals surface area contributed by atoms with Crippen molar-refractivity contribution in [3.05, 3.63) is 59.7 Å². The van der Waals surface area contributed by atoms with Crippen LogP contribution in [0.5, 0.6) is 0 Å². The number of amides is 2. The predicted molar refractivity (Wildman–Crippen MR) is 101 cm³/mol. The van der Waals surface area contributed by atoms with Crippen LogP contribution in [0.2, 0.25) is 0 Å². The zero-order valence-electron chi connectivity index (χ0n) is 15.5. The van der Waals surface area contributed by atoms with E-state index in [0.29, 0.717) is 31.1 Å². The molecule has 1 aromatic heterocycles. The number of piperidine rings is 1. The quantitative estimate of drug-likeness (QED) is 0.836. The minimum Gasteiger partial charge on any atom is -0.337 e. The fourth-order valence-electron chi connectivity index (χ4n) is 4.22. The van der Waals surface area contributed by atoms with E-state index in [1.54, 1.807) is 6.20 Å². The summed E-state index contributed by atoms with van der Waals surface area (Å²) in [5.74, 6) is 0.392. The van der Waals surface area contributed by atoms with Crippen molar-refractivity contribution < 1.29 is 9.59 Å². The number of aryl methyl sites for hydroxylation is 1. The van der Waals surface area contributed by atoms with Gasteiger partial charge in [-0.3, -0.25) is 14.6 Å². The van der Waals surface area contributed by atoms with Crippen molar-refractivity contribution in [3.8, 4) is 0 Å². The van der Waals surface area contributed by atoms with E-state index in [0.717, 1.165) is 24.9 Å². The van der Waals surface area contributed by atoms with E-state index >= 15 is 0 Å². The van der Waals surface area contributed by atoms with Crippen LogP contribution in [0.15, 0.2) is 42.9 Å². The van der Waals surface area contributed by atoms with Crippen LogP contribution in [0.25, 0.3) is 0 Å². The van der Waals surface area contributed by atoms with Gasteiger partial charge in [-0.15, -0.1) is 0 Å². The van der Waals surface area contributed by atoms with E-state index < -0.39 is 0 Å². The van der Waals surface area contributed by atoms with Gasteiger partial charge >= 0.3 is 0 Å². The Labute approximate surface area is 159 Å². The second kappa shape index (κ2) is 7.47. The van der Waals surface area contributed by atoms with Gasteiger partial charge in [-0.1, -0.05) is 29.8 Å². The number of benzene rings is 1. The molecule has 3 aliphatic heterocycles. The molecule has 0 aliphatic carbocycles. The maximum Gasteiger partial charge on any atom is 0.274 e. The lowest BCUT2D eigenvalue weighted by Crippen LogP contribution is -2.48. The largest absolute Gasteiger partial charge is 0.337 e. The molecule has 0 radical (unpaired) electrons. The minimum absolute atomic E-state index is 0.0849. The highest BCUT2D eigenvalue weighted by Gasteiger charge is 2.38. The number of carbonyl (C=O) groups excluding carboxylic acids is 2. The van der Waals surface area contributed by atoms with Crippen LogP contribution < -0.4 is 0 Å². The standard InChI is InChI=1S/C21H24N4O2/c1-15-3-2-4-16(9-15)10-20(26)25-13-17-5-6-18(25)14-24(12-17)21(27)19-11-22-7-8-23-19/h2-4,7-9,11,17-18H,5-6,10,12-14H2,1H3/t17-,18+/m0/s1. The number of carbonyl (C=O) groups is 2. The molecule has 1 aromatic carbocycles. The van der Waals surface area contributed by atoms with Crippen molar-refractivity contribution >= 4 is 11.8 Å². The Balaban J connectivity index is 1.48. The van der Waals surface area contributed by atoms with E-state index in [1.807, 2.05) is 34.9 Å². The summed E-state index contributed by atoms with van der Waals surface area (Å²) in [5.41, 5.74) is 2.59. The van der Waals surface area contributed by atoms with Gasteiger partial charge in [0.1, 0.15) is 5.69 Å². The first-order valence-corrected chi connectivity index (χ1v) is 9.50. The molecule has 140 valence electrons. The molecule has 2 aromatic rings. The summed E-state index contributed by atoms with van der Waals surface area (Å²) < 4.78 is 0. The number of aromatic nitrogens is 2. The van der Waals surface area contributed by atoms with E-state index in [4.69, 9.17) is 0 Å². The zero-order valence-corrected chi connectivity index (χ0v) is 15.5. The van der Waals surface area contributed by atoms with Gasteiger partial charge in [-0.05, 0) is 31.2 Å². The minimum atomic E-state index is -0.0898. The molecule has 3 aliphatic rings. The number of hydrogen-bond acceptors (Lipinski definition) is 4. The van der Waals surface area contributed by atoms with Crippen molar-refractivity contribution in [1.29, 1.82) is 0 Å². The third-order valence-electron chi connectivity index (χ3n) is 5.54. The van der Waals surface area contributed by atoms with Crippen LogP contribution in [0, 0.1) is 12.8 Å². The predicted octanol–water partition coefficient (Wildman–Crippen LogP) is 2.09. The molecule has 27 heavy (non-hydrogen) atoms. The third kappa shape index (κ3) is 3.84. The zero-order chi connectivity index (χ0) is 18.8. The Morgan fingerprint density at radius 2 is 2.04 bits per heavy atom. The van der Waals surface area contributed by atoms with E-state index in [1.165, 1.54) is 18.0 Å². The maximum atomic E-state index is 13.0. The fourth-order valence-corrected chi connectivity index (χ4v) is 4.22. The van der Waals surface area contributed by atoms with Gasteiger partial charge in [0.2, 0.25) is 5.91 Å². The molecule has 0 spiro atoms. The lowest BCUT2D eigenvalue weighted by atomic mass is 9.94. The summed E-state index contributed by atoms with van der Waals surface area (Å²) >= 11 is 0. The first kappa shape index (κ1) is 17.6. The highest BCUT2D eigenvalue weighted by molar-refractivity contribution is 5.92. The van der Waals surface area contributed by atoms with Crippen molar-refractivity contribution in [2.24, 2.45) is 5.92 Å². The second-order valence-electron chi connectivity index (χ2n) is 7.61. The van der Waals surface area contributed by atoms with Gasteiger partial charge in [0.15, 0.2) is 0 Å². The SMILES string of the molecule is Cc1cccc(CC(=O)N2C[C@H]3CC[C@@H]2CN(C(=O)c2cnccn2)C3)c1. The number of rotatable bonds is 3. The maximum absolute atomic E-state index is 13.0. The van der Waals surface area contributed by atoms with Crippen molar-refractivity contribution in [3.63, 3.8) is 0 Å². The molecule has 0 N–H and O–H groups in total. The molecule has 3 fully saturated rings. The molecule has 6 heteroatoms. The van der Waals surface area contributed by atoms with Gasteiger partial charge in [-0.2, -0.15) is 0 Å². The molecule has 2 atom stereocenters. The molecule has 6 nitrogen and oxygen atoms in total. The Hall–Kier alpha value is -2.76. The highest BCUT2D eigenvalue weighted by atomic mass is 16.2. The smallest absolute Gasteiger partial charge is 0.274 e. The molecule has 0 unspecified atom stereocenters. The highest BCUT2D eigenvalue weighted by Crippen LogP contribution is 2.29. The molecule has 0 saturated carbocycles. The molecule has 3 saturated heterocycles. The number of fused-ring (bicyclic) bond motifs is 4. The monoisotopic (exact) mass is 364 g/mol. The van der Waals surface area contributed by atoms with Gasteiger partial charge in [0, 0.05) is 38.1 Å².